The molecule has 0 radical (unpaired) electrons. The summed E-state index contributed by atoms with van der Waals surface area (Å²) in [6.07, 6.45) is 1.40. The lowest BCUT2D eigenvalue weighted by Gasteiger charge is -2.14. The number of halogens is 2. The fourth-order valence-corrected chi connectivity index (χ4v) is 5.10. The van der Waals surface area contributed by atoms with Gasteiger partial charge in [-0.1, -0.05) is 23.8 Å². The second kappa shape index (κ2) is 5.46. The van der Waals surface area contributed by atoms with E-state index in [0.717, 1.165) is 9.54 Å². The molecule has 1 aromatic heterocycles. The van der Waals surface area contributed by atoms with Gasteiger partial charge in [-0.05, 0) is 60.0 Å². The van der Waals surface area contributed by atoms with Crippen LogP contribution in [0.15, 0.2) is 45.9 Å². The summed E-state index contributed by atoms with van der Waals surface area (Å²) in [6.45, 7) is 5.42. The molecular formula is C17H15BrFNO2S. The third-order valence-corrected chi connectivity index (χ3v) is 6.43. The van der Waals surface area contributed by atoms with E-state index in [1.54, 1.807) is 32.0 Å². The van der Waals surface area contributed by atoms with E-state index in [-0.39, 0.29) is 14.9 Å². The maximum absolute atomic E-state index is 14.5. The summed E-state index contributed by atoms with van der Waals surface area (Å²) < 4.78 is 41.9. The SMILES string of the molecule is Cc1cc(C)c(S(=O)(=O)n2ccc3ccc(Br)c(F)c32)c(C)c1. The molecule has 1 heterocycles. The van der Waals surface area contributed by atoms with Gasteiger partial charge in [-0.3, -0.25) is 0 Å². The van der Waals surface area contributed by atoms with Gasteiger partial charge in [0.05, 0.1) is 9.37 Å². The summed E-state index contributed by atoms with van der Waals surface area (Å²) in [5.41, 5.74) is 2.35. The van der Waals surface area contributed by atoms with Gasteiger partial charge >= 0.3 is 0 Å². The molecule has 0 saturated heterocycles. The van der Waals surface area contributed by atoms with Crippen LogP contribution in [0.25, 0.3) is 10.9 Å². The van der Waals surface area contributed by atoms with Gasteiger partial charge in [0.25, 0.3) is 10.0 Å². The van der Waals surface area contributed by atoms with Gasteiger partial charge in [-0.15, -0.1) is 0 Å². The number of rotatable bonds is 2. The lowest BCUT2D eigenvalue weighted by molar-refractivity contribution is 0.584. The van der Waals surface area contributed by atoms with Gasteiger partial charge in [0.2, 0.25) is 0 Å². The highest BCUT2D eigenvalue weighted by molar-refractivity contribution is 9.10. The molecular weight excluding hydrogens is 381 g/mol. The van der Waals surface area contributed by atoms with Gasteiger partial charge in [0, 0.05) is 11.6 Å². The number of benzene rings is 2. The number of hydrogen-bond acceptors (Lipinski definition) is 2. The molecule has 0 amide bonds. The minimum Gasteiger partial charge on any atom is -0.238 e. The Morgan fingerprint density at radius 3 is 2.26 bits per heavy atom. The number of fused-ring (bicyclic) bond motifs is 1. The lowest BCUT2D eigenvalue weighted by Crippen LogP contribution is -2.15. The third kappa shape index (κ3) is 2.50. The normalized spacial score (nSPS) is 12.0. The van der Waals surface area contributed by atoms with Crippen molar-refractivity contribution in [1.29, 1.82) is 0 Å². The second-order valence-electron chi connectivity index (χ2n) is 5.64. The van der Waals surface area contributed by atoms with Crippen LogP contribution in [0.1, 0.15) is 16.7 Å². The van der Waals surface area contributed by atoms with Gasteiger partial charge in [-0.25, -0.2) is 16.8 Å². The Kier molecular flexibility index (Phi) is 3.84. The quantitative estimate of drug-likeness (QED) is 0.630. The predicted octanol–water partition coefficient (Wildman–Crippen LogP) is 4.71. The van der Waals surface area contributed by atoms with Crippen LogP contribution in [-0.4, -0.2) is 12.4 Å². The summed E-state index contributed by atoms with van der Waals surface area (Å²) >= 11 is 3.11. The van der Waals surface area contributed by atoms with Gasteiger partial charge < -0.3 is 0 Å². The van der Waals surface area contributed by atoms with Crippen molar-refractivity contribution in [3.63, 3.8) is 0 Å². The van der Waals surface area contributed by atoms with E-state index < -0.39 is 15.8 Å². The van der Waals surface area contributed by atoms with E-state index in [1.807, 2.05) is 19.1 Å². The molecule has 23 heavy (non-hydrogen) atoms. The standard InChI is InChI=1S/C17H15BrFNO2S/c1-10-8-11(2)17(12(3)9-10)23(21,22)20-7-6-13-4-5-14(18)15(19)16(13)20/h4-9H,1-3H3. The van der Waals surface area contributed by atoms with Crippen LogP contribution in [0, 0.1) is 26.6 Å². The van der Waals surface area contributed by atoms with E-state index in [4.69, 9.17) is 0 Å². The average Bonchev–Trinajstić information content (AvgIpc) is 2.86. The first-order valence-corrected chi connectivity index (χ1v) is 9.25. The van der Waals surface area contributed by atoms with Crippen molar-refractivity contribution < 1.29 is 12.8 Å². The van der Waals surface area contributed by atoms with Crippen molar-refractivity contribution in [2.45, 2.75) is 25.7 Å². The van der Waals surface area contributed by atoms with E-state index >= 15 is 0 Å². The Hall–Kier alpha value is -1.66. The fraction of sp³-hybridized carbons (Fsp3) is 0.176. The van der Waals surface area contributed by atoms with E-state index in [0.29, 0.717) is 16.5 Å². The number of hydrogen-bond donors (Lipinski definition) is 0. The molecule has 0 atom stereocenters. The van der Waals surface area contributed by atoms with Gasteiger partial charge in [0.15, 0.2) is 5.82 Å². The van der Waals surface area contributed by atoms with Crippen molar-refractivity contribution in [2.24, 2.45) is 0 Å². The second-order valence-corrected chi connectivity index (χ2v) is 8.25. The zero-order chi connectivity index (χ0) is 16.9. The molecule has 0 aliphatic heterocycles. The van der Waals surface area contributed by atoms with Crippen molar-refractivity contribution >= 4 is 36.9 Å². The predicted molar refractivity (Wildman–Crippen MR) is 92.8 cm³/mol. The van der Waals surface area contributed by atoms with Crippen molar-refractivity contribution in [2.75, 3.05) is 0 Å². The van der Waals surface area contributed by atoms with Crippen LogP contribution in [0.3, 0.4) is 0 Å². The molecule has 0 aliphatic rings. The van der Waals surface area contributed by atoms with Crippen LogP contribution >= 0.6 is 15.9 Å². The molecule has 0 aliphatic carbocycles. The monoisotopic (exact) mass is 395 g/mol. The van der Waals surface area contributed by atoms with Crippen LogP contribution in [0.4, 0.5) is 4.39 Å². The van der Waals surface area contributed by atoms with Crippen LogP contribution in [0.2, 0.25) is 0 Å². The molecule has 6 heteroatoms. The summed E-state index contributed by atoms with van der Waals surface area (Å²) in [4.78, 5) is 0.222. The maximum Gasteiger partial charge on any atom is 0.268 e. The van der Waals surface area contributed by atoms with E-state index in [2.05, 4.69) is 15.9 Å². The summed E-state index contributed by atoms with van der Waals surface area (Å²) in [7, 11) is -3.88. The first-order chi connectivity index (χ1) is 10.7. The first kappa shape index (κ1) is 16.2. The highest BCUT2D eigenvalue weighted by atomic mass is 79.9. The summed E-state index contributed by atoms with van der Waals surface area (Å²) in [5, 5.41) is 0.539. The first-order valence-electron chi connectivity index (χ1n) is 7.02. The molecule has 2 aromatic carbocycles. The van der Waals surface area contributed by atoms with E-state index in [1.165, 1.54) is 6.20 Å². The molecule has 0 saturated carbocycles. The topological polar surface area (TPSA) is 39.1 Å². The molecule has 0 spiro atoms. The highest BCUT2D eigenvalue weighted by Gasteiger charge is 2.25. The summed E-state index contributed by atoms with van der Waals surface area (Å²) in [6, 6.07) is 8.48. The zero-order valence-corrected chi connectivity index (χ0v) is 15.3. The Labute approximate surface area is 142 Å². The molecule has 3 nitrogen and oxygen atoms in total. The minimum atomic E-state index is -3.88. The third-order valence-electron chi connectivity index (χ3n) is 3.83. The van der Waals surface area contributed by atoms with Crippen molar-refractivity contribution in [3.8, 4) is 0 Å². The number of aryl methyl sites for hydroxylation is 3. The Morgan fingerprint density at radius 2 is 1.65 bits per heavy atom. The minimum absolute atomic E-state index is 0.0544. The molecule has 0 fully saturated rings. The largest absolute Gasteiger partial charge is 0.268 e. The number of nitrogens with zero attached hydrogens (tertiary/aromatic N) is 1. The molecule has 3 aromatic rings. The maximum atomic E-state index is 14.5. The molecule has 3 rings (SSSR count). The number of aromatic nitrogens is 1. The fourth-order valence-electron chi connectivity index (χ4n) is 3.01. The molecule has 0 N–H and O–H groups in total. The van der Waals surface area contributed by atoms with E-state index in [9.17, 15) is 12.8 Å². The summed E-state index contributed by atoms with van der Waals surface area (Å²) in [5.74, 6) is -0.585. The molecule has 0 unspecified atom stereocenters. The molecule has 120 valence electrons. The smallest absolute Gasteiger partial charge is 0.238 e. The zero-order valence-electron chi connectivity index (χ0n) is 12.9. The molecule has 0 bridgehead atoms. The Morgan fingerprint density at radius 1 is 1.04 bits per heavy atom. The highest BCUT2D eigenvalue weighted by Crippen LogP contribution is 2.31. The van der Waals surface area contributed by atoms with Crippen molar-refractivity contribution in [1.82, 2.24) is 3.97 Å². The van der Waals surface area contributed by atoms with Gasteiger partial charge in [-0.2, -0.15) is 0 Å². The van der Waals surface area contributed by atoms with Crippen LogP contribution in [0.5, 0.6) is 0 Å². The Balaban J connectivity index is 2.37. The van der Waals surface area contributed by atoms with Crippen molar-refractivity contribution in [3.05, 3.63) is 63.5 Å². The Bertz CT molecular complexity index is 1020. The lowest BCUT2D eigenvalue weighted by atomic mass is 10.1. The van der Waals surface area contributed by atoms with Crippen LogP contribution in [-0.2, 0) is 10.0 Å². The average molecular weight is 396 g/mol. The van der Waals surface area contributed by atoms with Gasteiger partial charge in [0.1, 0.15) is 5.52 Å². The van der Waals surface area contributed by atoms with Crippen LogP contribution < -0.4 is 0 Å².